The molecule has 0 aromatic heterocycles. The first-order valence-corrected chi connectivity index (χ1v) is 9.73. The summed E-state index contributed by atoms with van der Waals surface area (Å²) in [4.78, 5) is 27.3. The number of ether oxygens (including phenoxy) is 2. The number of nitrogens with one attached hydrogen (secondary N) is 1. The predicted octanol–water partition coefficient (Wildman–Crippen LogP) is 4.28. The molecule has 6 heteroatoms. The van der Waals surface area contributed by atoms with Crippen molar-refractivity contribution in [3.8, 4) is 11.5 Å². The predicted molar refractivity (Wildman–Crippen MR) is 114 cm³/mol. The molecule has 6 nitrogen and oxygen atoms in total. The molecule has 0 unspecified atom stereocenters. The van der Waals surface area contributed by atoms with Gasteiger partial charge in [0.05, 0.1) is 14.2 Å². The van der Waals surface area contributed by atoms with E-state index in [1.54, 1.807) is 25.3 Å². The third-order valence-corrected chi connectivity index (χ3v) is 4.99. The lowest BCUT2D eigenvalue weighted by Gasteiger charge is -2.34. The number of aryl methyl sites for hydroxylation is 1. The van der Waals surface area contributed by atoms with Gasteiger partial charge in [-0.15, -0.1) is 0 Å². The zero-order valence-corrected chi connectivity index (χ0v) is 17.7. The van der Waals surface area contributed by atoms with Crippen molar-refractivity contribution in [1.82, 2.24) is 0 Å². The second kappa shape index (κ2) is 8.15. The number of hydrogen-bond donors (Lipinski definition) is 1. The number of carbonyl (C=O) groups is 2. The fourth-order valence-electron chi connectivity index (χ4n) is 3.47. The molecule has 1 N–H and O–H groups in total. The summed E-state index contributed by atoms with van der Waals surface area (Å²) in [5.41, 5.74) is 2.74. The molecule has 0 atom stereocenters. The molecule has 0 saturated carbocycles. The average molecular weight is 396 g/mol. The van der Waals surface area contributed by atoms with Crippen LogP contribution in [0.2, 0.25) is 0 Å². The van der Waals surface area contributed by atoms with Crippen LogP contribution in [0.4, 0.5) is 11.4 Å². The van der Waals surface area contributed by atoms with Crippen LogP contribution >= 0.6 is 0 Å². The van der Waals surface area contributed by atoms with Gasteiger partial charge >= 0.3 is 0 Å². The normalized spacial score (nSPS) is 13.5. The fraction of sp³-hybridized carbons (Fsp3) is 0.391. The smallest absolute Gasteiger partial charge is 0.255 e. The molecule has 0 fully saturated rings. The highest BCUT2D eigenvalue weighted by Gasteiger charge is 2.31. The Morgan fingerprint density at radius 1 is 1.00 bits per heavy atom. The van der Waals surface area contributed by atoms with Crippen molar-refractivity contribution in [1.29, 1.82) is 0 Å². The third-order valence-electron chi connectivity index (χ3n) is 4.99. The summed E-state index contributed by atoms with van der Waals surface area (Å²) in [6, 6.07) is 10.8. The Hall–Kier alpha value is -3.02. The highest BCUT2D eigenvalue weighted by Crippen LogP contribution is 2.33. The van der Waals surface area contributed by atoms with Crippen molar-refractivity contribution < 1.29 is 19.1 Å². The van der Waals surface area contributed by atoms with Gasteiger partial charge < -0.3 is 19.7 Å². The van der Waals surface area contributed by atoms with Crippen LogP contribution in [0.15, 0.2) is 36.4 Å². The molecule has 1 aliphatic rings. The monoisotopic (exact) mass is 396 g/mol. The van der Waals surface area contributed by atoms with Gasteiger partial charge in [0, 0.05) is 28.9 Å². The molecule has 29 heavy (non-hydrogen) atoms. The zero-order chi connectivity index (χ0) is 21.2. The van der Waals surface area contributed by atoms with Crippen LogP contribution in [0.25, 0.3) is 0 Å². The SMILES string of the molecule is COc1ccc(C(=O)Nc2ccc3c(c2)CCCN3C(=O)C(C)(C)C)cc1OC. The maximum absolute atomic E-state index is 12.8. The summed E-state index contributed by atoms with van der Waals surface area (Å²) in [6.45, 7) is 6.52. The Bertz CT molecular complexity index is 931. The number of hydrogen-bond acceptors (Lipinski definition) is 4. The first-order chi connectivity index (χ1) is 13.7. The van der Waals surface area contributed by atoms with Crippen LogP contribution in [0, 0.1) is 5.41 Å². The van der Waals surface area contributed by atoms with Crippen molar-refractivity contribution in [2.45, 2.75) is 33.6 Å². The lowest BCUT2D eigenvalue weighted by Crippen LogP contribution is -2.42. The van der Waals surface area contributed by atoms with Crippen LogP contribution in [0.1, 0.15) is 43.1 Å². The van der Waals surface area contributed by atoms with E-state index in [1.807, 2.05) is 43.9 Å². The Kier molecular flexibility index (Phi) is 5.82. The Morgan fingerprint density at radius 2 is 1.72 bits per heavy atom. The Balaban J connectivity index is 1.81. The van der Waals surface area contributed by atoms with Crippen LogP contribution in [-0.2, 0) is 11.2 Å². The van der Waals surface area contributed by atoms with Gasteiger partial charge in [0.1, 0.15) is 0 Å². The summed E-state index contributed by atoms with van der Waals surface area (Å²) >= 11 is 0. The van der Waals surface area contributed by atoms with E-state index in [1.165, 1.54) is 7.11 Å². The first-order valence-electron chi connectivity index (χ1n) is 9.73. The van der Waals surface area contributed by atoms with E-state index in [0.717, 1.165) is 30.6 Å². The van der Waals surface area contributed by atoms with E-state index in [2.05, 4.69) is 5.32 Å². The van der Waals surface area contributed by atoms with Crippen molar-refractivity contribution in [3.63, 3.8) is 0 Å². The molecule has 0 aliphatic carbocycles. The van der Waals surface area contributed by atoms with Gasteiger partial charge in [-0.1, -0.05) is 20.8 Å². The largest absolute Gasteiger partial charge is 0.493 e. The van der Waals surface area contributed by atoms with Crippen molar-refractivity contribution >= 4 is 23.2 Å². The Morgan fingerprint density at radius 3 is 2.38 bits per heavy atom. The highest BCUT2D eigenvalue weighted by atomic mass is 16.5. The quantitative estimate of drug-likeness (QED) is 0.838. The molecule has 0 bridgehead atoms. The lowest BCUT2D eigenvalue weighted by atomic mass is 9.92. The summed E-state index contributed by atoms with van der Waals surface area (Å²) in [5, 5.41) is 2.93. The number of carbonyl (C=O) groups excluding carboxylic acids is 2. The van der Waals surface area contributed by atoms with Gasteiger partial charge in [0.15, 0.2) is 11.5 Å². The molecular weight excluding hydrogens is 368 g/mol. The summed E-state index contributed by atoms with van der Waals surface area (Å²) in [7, 11) is 3.09. The van der Waals surface area contributed by atoms with Gasteiger partial charge in [-0.2, -0.15) is 0 Å². The molecule has 0 saturated heterocycles. The molecule has 3 rings (SSSR count). The van der Waals surface area contributed by atoms with E-state index >= 15 is 0 Å². The topological polar surface area (TPSA) is 67.9 Å². The molecule has 0 spiro atoms. The van der Waals surface area contributed by atoms with E-state index in [0.29, 0.717) is 22.7 Å². The third kappa shape index (κ3) is 4.36. The molecule has 1 aliphatic heterocycles. The van der Waals surface area contributed by atoms with E-state index < -0.39 is 5.41 Å². The number of methoxy groups -OCH3 is 2. The van der Waals surface area contributed by atoms with Crippen molar-refractivity contribution in [3.05, 3.63) is 47.5 Å². The maximum Gasteiger partial charge on any atom is 0.255 e. The van der Waals surface area contributed by atoms with Crippen LogP contribution < -0.4 is 19.7 Å². The average Bonchev–Trinajstić information content (AvgIpc) is 2.71. The number of benzene rings is 2. The summed E-state index contributed by atoms with van der Waals surface area (Å²) in [5.74, 6) is 0.952. The van der Waals surface area contributed by atoms with Crippen LogP contribution in [0.5, 0.6) is 11.5 Å². The van der Waals surface area contributed by atoms with Crippen LogP contribution in [-0.4, -0.2) is 32.6 Å². The van der Waals surface area contributed by atoms with Gasteiger partial charge in [0.2, 0.25) is 5.91 Å². The molecule has 154 valence electrons. The number of nitrogens with zero attached hydrogens (tertiary/aromatic N) is 1. The molecule has 2 aromatic carbocycles. The molecule has 2 amide bonds. The molecular formula is C23H28N2O4. The minimum absolute atomic E-state index is 0.112. The van der Waals surface area contributed by atoms with Gasteiger partial charge in [0.25, 0.3) is 5.91 Å². The standard InChI is InChI=1S/C23H28N2O4/c1-23(2,3)22(27)25-12-6-7-15-13-17(9-10-18(15)25)24-21(26)16-8-11-19(28-4)20(14-16)29-5/h8-11,13-14H,6-7,12H2,1-5H3,(H,24,26). The summed E-state index contributed by atoms with van der Waals surface area (Å²) < 4.78 is 10.5. The van der Waals surface area contributed by atoms with Gasteiger partial charge in [-0.05, 0) is 54.8 Å². The molecule has 1 heterocycles. The lowest BCUT2D eigenvalue weighted by molar-refractivity contribution is -0.125. The number of fused-ring (bicyclic) bond motifs is 1. The number of amides is 2. The molecule has 0 radical (unpaired) electrons. The van der Waals surface area contributed by atoms with Crippen LogP contribution in [0.3, 0.4) is 0 Å². The van der Waals surface area contributed by atoms with E-state index in [4.69, 9.17) is 9.47 Å². The molecule has 2 aromatic rings. The summed E-state index contributed by atoms with van der Waals surface area (Å²) in [6.07, 6.45) is 1.78. The highest BCUT2D eigenvalue weighted by molar-refractivity contribution is 6.05. The minimum Gasteiger partial charge on any atom is -0.493 e. The minimum atomic E-state index is -0.436. The first kappa shape index (κ1) is 20.7. The second-order valence-corrected chi connectivity index (χ2v) is 8.18. The van der Waals surface area contributed by atoms with E-state index in [-0.39, 0.29) is 11.8 Å². The zero-order valence-electron chi connectivity index (χ0n) is 17.7. The van der Waals surface area contributed by atoms with Crippen molar-refractivity contribution in [2.75, 3.05) is 31.0 Å². The van der Waals surface area contributed by atoms with E-state index in [9.17, 15) is 9.59 Å². The maximum atomic E-state index is 12.8. The second-order valence-electron chi connectivity index (χ2n) is 8.18. The number of anilines is 2. The number of rotatable bonds is 4. The fourth-order valence-corrected chi connectivity index (χ4v) is 3.47. The van der Waals surface area contributed by atoms with Crippen molar-refractivity contribution in [2.24, 2.45) is 5.41 Å². The van der Waals surface area contributed by atoms with Gasteiger partial charge in [-0.25, -0.2) is 0 Å². The van der Waals surface area contributed by atoms with Gasteiger partial charge in [-0.3, -0.25) is 9.59 Å². The Labute approximate surface area is 171 Å².